The summed E-state index contributed by atoms with van der Waals surface area (Å²) in [5, 5.41) is 2.97. The quantitative estimate of drug-likeness (QED) is 0.561. The van der Waals surface area contributed by atoms with Gasteiger partial charge in [0.15, 0.2) is 0 Å². The van der Waals surface area contributed by atoms with E-state index in [1.807, 2.05) is 14.0 Å². The summed E-state index contributed by atoms with van der Waals surface area (Å²) in [5.74, 6) is -0.546. The molecule has 0 radical (unpaired) electrons. The van der Waals surface area contributed by atoms with Gasteiger partial charge in [0, 0.05) is 0 Å². The third-order valence-corrected chi connectivity index (χ3v) is 4.29. The van der Waals surface area contributed by atoms with Crippen molar-refractivity contribution in [2.45, 2.75) is 19.8 Å². The van der Waals surface area contributed by atoms with Gasteiger partial charge in [0.25, 0.3) is 0 Å². The number of anilines is 1. The molecule has 0 spiro atoms. The first-order valence-electron chi connectivity index (χ1n) is 6.73. The van der Waals surface area contributed by atoms with Gasteiger partial charge in [-0.1, -0.05) is 11.6 Å². The van der Waals surface area contributed by atoms with Crippen molar-refractivity contribution in [3.05, 3.63) is 29.3 Å². The summed E-state index contributed by atoms with van der Waals surface area (Å²) < 4.78 is 31.2. The number of esters is 1. The standard InChI is InChI=1S/C14H22N2O4S/c1-11-6-7-13(12(10-11)14(17)20-3)16-21(18,19)9-5-4-8-15-2/h6-7,10,15-16H,4-5,8-9H2,1-3H3. The lowest BCUT2D eigenvalue weighted by Gasteiger charge is -2.12. The molecule has 0 saturated heterocycles. The molecule has 0 fully saturated rings. The number of rotatable bonds is 8. The average molecular weight is 314 g/mol. The highest BCUT2D eigenvalue weighted by molar-refractivity contribution is 7.92. The highest BCUT2D eigenvalue weighted by Gasteiger charge is 2.17. The lowest BCUT2D eigenvalue weighted by Crippen LogP contribution is -2.20. The van der Waals surface area contributed by atoms with Crippen molar-refractivity contribution in [3.8, 4) is 0 Å². The molecular weight excluding hydrogens is 292 g/mol. The number of ether oxygens (including phenoxy) is 1. The second-order valence-corrected chi connectivity index (χ2v) is 6.61. The van der Waals surface area contributed by atoms with Gasteiger partial charge in [0.05, 0.1) is 24.1 Å². The number of carbonyl (C=O) groups is 1. The fraction of sp³-hybridized carbons (Fsp3) is 0.500. The summed E-state index contributed by atoms with van der Waals surface area (Å²) in [6, 6.07) is 4.92. The van der Waals surface area contributed by atoms with Crippen LogP contribution in [0.2, 0.25) is 0 Å². The lowest BCUT2D eigenvalue weighted by molar-refractivity contribution is 0.0602. The van der Waals surface area contributed by atoms with Crippen molar-refractivity contribution in [1.82, 2.24) is 5.32 Å². The Morgan fingerprint density at radius 1 is 1.29 bits per heavy atom. The molecule has 0 unspecified atom stereocenters. The highest BCUT2D eigenvalue weighted by atomic mass is 32.2. The van der Waals surface area contributed by atoms with Crippen LogP contribution in [0.4, 0.5) is 5.69 Å². The Labute approximate surface area is 125 Å². The molecule has 1 rings (SSSR count). The van der Waals surface area contributed by atoms with Crippen LogP contribution in [0.15, 0.2) is 18.2 Å². The third kappa shape index (κ3) is 5.73. The van der Waals surface area contributed by atoms with Crippen LogP contribution in [-0.2, 0) is 14.8 Å². The van der Waals surface area contributed by atoms with E-state index in [2.05, 4.69) is 14.8 Å². The van der Waals surface area contributed by atoms with Crippen molar-refractivity contribution in [3.63, 3.8) is 0 Å². The minimum absolute atomic E-state index is 0.0170. The Kier molecular flexibility index (Phi) is 6.64. The Bertz CT molecular complexity index is 585. The van der Waals surface area contributed by atoms with Gasteiger partial charge in [0.1, 0.15) is 0 Å². The van der Waals surface area contributed by atoms with Crippen LogP contribution in [-0.4, -0.2) is 40.8 Å². The van der Waals surface area contributed by atoms with Crippen LogP contribution >= 0.6 is 0 Å². The van der Waals surface area contributed by atoms with Crippen molar-refractivity contribution >= 4 is 21.7 Å². The van der Waals surface area contributed by atoms with Gasteiger partial charge in [-0.2, -0.15) is 0 Å². The van der Waals surface area contributed by atoms with Gasteiger partial charge < -0.3 is 10.1 Å². The first-order valence-corrected chi connectivity index (χ1v) is 8.39. The molecule has 2 N–H and O–H groups in total. The molecule has 0 bridgehead atoms. The number of methoxy groups -OCH3 is 1. The second-order valence-electron chi connectivity index (χ2n) is 4.77. The number of unbranched alkanes of at least 4 members (excludes halogenated alkanes) is 1. The summed E-state index contributed by atoms with van der Waals surface area (Å²) in [5.41, 5.74) is 1.32. The summed E-state index contributed by atoms with van der Waals surface area (Å²) in [6.45, 7) is 2.59. The molecule has 1 aromatic rings. The Hall–Kier alpha value is -1.60. The van der Waals surface area contributed by atoms with E-state index in [9.17, 15) is 13.2 Å². The minimum Gasteiger partial charge on any atom is -0.465 e. The molecule has 0 amide bonds. The predicted octanol–water partition coefficient (Wildman–Crippen LogP) is 1.52. The predicted molar refractivity (Wildman–Crippen MR) is 83.1 cm³/mol. The van der Waals surface area contributed by atoms with Crippen LogP contribution in [0.1, 0.15) is 28.8 Å². The normalized spacial score (nSPS) is 11.2. The average Bonchev–Trinajstić information content (AvgIpc) is 2.44. The molecule has 21 heavy (non-hydrogen) atoms. The molecule has 118 valence electrons. The summed E-state index contributed by atoms with van der Waals surface area (Å²) in [4.78, 5) is 11.7. The molecule has 0 aromatic heterocycles. The number of nitrogens with one attached hydrogen (secondary N) is 2. The van der Waals surface area contributed by atoms with Crippen molar-refractivity contribution < 1.29 is 17.9 Å². The van der Waals surface area contributed by atoms with Gasteiger partial charge >= 0.3 is 5.97 Å². The Morgan fingerprint density at radius 3 is 2.62 bits per heavy atom. The fourth-order valence-electron chi connectivity index (χ4n) is 1.84. The van der Waals surface area contributed by atoms with E-state index >= 15 is 0 Å². The SMILES string of the molecule is CNCCCCS(=O)(=O)Nc1ccc(C)cc1C(=O)OC. The van der Waals surface area contributed by atoms with Gasteiger partial charge in [-0.25, -0.2) is 13.2 Å². The first-order chi connectivity index (χ1) is 9.89. The first kappa shape index (κ1) is 17.5. The van der Waals surface area contributed by atoms with Gasteiger partial charge in [-0.15, -0.1) is 0 Å². The van der Waals surface area contributed by atoms with Crippen LogP contribution < -0.4 is 10.0 Å². The number of sulfonamides is 1. The molecular formula is C14H22N2O4S. The van der Waals surface area contributed by atoms with E-state index in [0.29, 0.717) is 6.42 Å². The molecule has 6 nitrogen and oxygen atoms in total. The highest BCUT2D eigenvalue weighted by Crippen LogP contribution is 2.20. The van der Waals surface area contributed by atoms with E-state index in [1.165, 1.54) is 7.11 Å². The van der Waals surface area contributed by atoms with E-state index in [1.54, 1.807) is 18.2 Å². The molecule has 0 aliphatic rings. The second kappa shape index (κ2) is 7.99. The molecule has 7 heteroatoms. The van der Waals surface area contributed by atoms with Crippen LogP contribution in [0.5, 0.6) is 0 Å². The molecule has 0 heterocycles. The van der Waals surface area contributed by atoms with Gasteiger partial charge in [-0.3, -0.25) is 4.72 Å². The van der Waals surface area contributed by atoms with Crippen molar-refractivity contribution in [2.24, 2.45) is 0 Å². The number of carbonyl (C=O) groups excluding carboxylic acids is 1. The maximum atomic E-state index is 12.0. The Morgan fingerprint density at radius 2 is 2.00 bits per heavy atom. The van der Waals surface area contributed by atoms with Crippen LogP contribution in [0.25, 0.3) is 0 Å². The maximum absolute atomic E-state index is 12.0. The fourth-order valence-corrected chi connectivity index (χ4v) is 3.04. The zero-order chi connectivity index (χ0) is 15.9. The molecule has 1 aromatic carbocycles. The van der Waals surface area contributed by atoms with E-state index in [4.69, 9.17) is 0 Å². The van der Waals surface area contributed by atoms with Crippen LogP contribution in [0, 0.1) is 6.92 Å². The van der Waals surface area contributed by atoms with Gasteiger partial charge in [0.2, 0.25) is 10.0 Å². The summed E-state index contributed by atoms with van der Waals surface area (Å²) in [6.07, 6.45) is 1.32. The number of aryl methyl sites for hydroxylation is 1. The maximum Gasteiger partial charge on any atom is 0.340 e. The number of hydrogen-bond donors (Lipinski definition) is 2. The third-order valence-electron chi connectivity index (χ3n) is 2.94. The molecule has 0 atom stereocenters. The van der Waals surface area contributed by atoms with E-state index in [0.717, 1.165) is 18.5 Å². The minimum atomic E-state index is -3.48. The Balaban J connectivity index is 2.84. The number of benzene rings is 1. The largest absolute Gasteiger partial charge is 0.465 e. The van der Waals surface area contributed by atoms with E-state index < -0.39 is 16.0 Å². The smallest absolute Gasteiger partial charge is 0.340 e. The summed E-state index contributed by atoms with van der Waals surface area (Å²) in [7, 11) is -0.392. The van der Waals surface area contributed by atoms with E-state index in [-0.39, 0.29) is 17.0 Å². The lowest BCUT2D eigenvalue weighted by atomic mass is 10.1. The molecule has 0 saturated carbocycles. The summed E-state index contributed by atoms with van der Waals surface area (Å²) >= 11 is 0. The zero-order valence-corrected chi connectivity index (χ0v) is 13.4. The molecule has 0 aliphatic carbocycles. The van der Waals surface area contributed by atoms with Crippen molar-refractivity contribution in [2.75, 3.05) is 31.2 Å². The molecule has 0 aliphatic heterocycles. The van der Waals surface area contributed by atoms with Crippen molar-refractivity contribution in [1.29, 1.82) is 0 Å². The number of hydrogen-bond acceptors (Lipinski definition) is 5. The topological polar surface area (TPSA) is 84.5 Å². The van der Waals surface area contributed by atoms with Crippen LogP contribution in [0.3, 0.4) is 0 Å². The van der Waals surface area contributed by atoms with Gasteiger partial charge in [-0.05, 0) is 45.5 Å². The zero-order valence-electron chi connectivity index (χ0n) is 12.6. The monoisotopic (exact) mass is 314 g/mol.